The van der Waals surface area contributed by atoms with Crippen LogP contribution in [0.1, 0.15) is 19.8 Å². The van der Waals surface area contributed by atoms with E-state index in [-0.39, 0.29) is 0 Å². The van der Waals surface area contributed by atoms with Crippen molar-refractivity contribution in [2.45, 2.75) is 29.5 Å². The van der Waals surface area contributed by atoms with Crippen molar-refractivity contribution in [3.63, 3.8) is 0 Å². The minimum Gasteiger partial charge on any atom is -0.126 e. The lowest BCUT2D eigenvalue weighted by Crippen LogP contribution is -1.90. The molecular weight excluding hydrogens is 244 g/mol. The van der Waals surface area contributed by atoms with E-state index in [1.165, 1.54) is 23.5 Å². The predicted octanol–water partition coefficient (Wildman–Crippen LogP) is 4.34. The largest absolute Gasteiger partial charge is 0.126 e. The Morgan fingerprint density at radius 2 is 2.00 bits per heavy atom. The van der Waals surface area contributed by atoms with Crippen molar-refractivity contribution in [3.05, 3.63) is 30.3 Å². The summed E-state index contributed by atoms with van der Waals surface area (Å²) in [6, 6.07) is 10.6. The lowest BCUT2D eigenvalue weighted by Gasteiger charge is -2.02. The first-order valence-electron chi connectivity index (χ1n) is 4.61. The maximum absolute atomic E-state index is 3.55. The maximum atomic E-state index is 3.55. The lowest BCUT2D eigenvalue weighted by molar-refractivity contribution is 0.804. The highest BCUT2D eigenvalue weighted by Crippen LogP contribution is 2.19. The molecule has 0 radical (unpaired) electrons. The average molecular weight is 259 g/mol. The third-order valence-electron chi connectivity index (χ3n) is 1.76. The molecule has 0 N–H and O–H groups in total. The third kappa shape index (κ3) is 5.37. The molecule has 0 bridgehead atoms. The van der Waals surface area contributed by atoms with Crippen molar-refractivity contribution in [1.29, 1.82) is 0 Å². The van der Waals surface area contributed by atoms with Gasteiger partial charge in [0.15, 0.2) is 0 Å². The maximum Gasteiger partial charge on any atom is 0.0117 e. The molecule has 0 aliphatic carbocycles. The summed E-state index contributed by atoms with van der Waals surface area (Å²) in [5.74, 6) is 1.22. The Balaban J connectivity index is 2.13. The van der Waals surface area contributed by atoms with E-state index < -0.39 is 0 Å². The second-order valence-corrected chi connectivity index (χ2v) is 5.82. The van der Waals surface area contributed by atoms with Crippen LogP contribution < -0.4 is 0 Å². The van der Waals surface area contributed by atoms with Gasteiger partial charge in [-0.15, -0.1) is 11.8 Å². The van der Waals surface area contributed by atoms with Gasteiger partial charge in [-0.05, 0) is 30.7 Å². The fourth-order valence-corrected chi connectivity index (χ4v) is 2.29. The van der Waals surface area contributed by atoms with E-state index in [2.05, 4.69) is 53.2 Å². The molecule has 0 saturated carbocycles. The van der Waals surface area contributed by atoms with Gasteiger partial charge in [-0.25, -0.2) is 0 Å². The van der Waals surface area contributed by atoms with Crippen LogP contribution in [-0.4, -0.2) is 10.6 Å². The van der Waals surface area contributed by atoms with Gasteiger partial charge in [0.1, 0.15) is 0 Å². The van der Waals surface area contributed by atoms with Crippen molar-refractivity contribution in [2.24, 2.45) is 0 Å². The molecule has 1 unspecified atom stereocenters. The minimum atomic E-state index is 0.656. The van der Waals surface area contributed by atoms with E-state index in [0.717, 1.165) is 0 Å². The first kappa shape index (κ1) is 11.1. The van der Waals surface area contributed by atoms with Gasteiger partial charge in [-0.2, -0.15) is 0 Å². The van der Waals surface area contributed by atoms with E-state index in [1.54, 1.807) is 0 Å². The van der Waals surface area contributed by atoms with Crippen LogP contribution in [0.15, 0.2) is 35.2 Å². The molecule has 0 aromatic heterocycles. The van der Waals surface area contributed by atoms with E-state index in [0.29, 0.717) is 4.83 Å². The molecule has 1 atom stereocenters. The van der Waals surface area contributed by atoms with Crippen LogP contribution in [0, 0.1) is 0 Å². The van der Waals surface area contributed by atoms with Gasteiger partial charge in [-0.3, -0.25) is 0 Å². The van der Waals surface area contributed by atoms with E-state index in [9.17, 15) is 0 Å². The summed E-state index contributed by atoms with van der Waals surface area (Å²) in [7, 11) is 0. The molecule has 0 spiro atoms. The Hall–Kier alpha value is 0.0500. The van der Waals surface area contributed by atoms with E-state index >= 15 is 0 Å². The average Bonchev–Trinajstić information content (AvgIpc) is 2.14. The summed E-state index contributed by atoms with van der Waals surface area (Å²) in [5.41, 5.74) is 0. The summed E-state index contributed by atoms with van der Waals surface area (Å²) < 4.78 is 0. The highest BCUT2D eigenvalue weighted by Gasteiger charge is 1.96. The fourth-order valence-electron chi connectivity index (χ4n) is 1.07. The Bertz CT molecular complexity index is 221. The Morgan fingerprint density at radius 1 is 1.31 bits per heavy atom. The summed E-state index contributed by atoms with van der Waals surface area (Å²) in [6.45, 7) is 2.20. The molecule has 1 aromatic carbocycles. The van der Waals surface area contributed by atoms with Crippen molar-refractivity contribution < 1.29 is 0 Å². The zero-order chi connectivity index (χ0) is 9.52. The molecule has 1 rings (SSSR count). The van der Waals surface area contributed by atoms with Crippen LogP contribution >= 0.6 is 27.7 Å². The SMILES string of the molecule is CC(Br)CCCSc1ccccc1. The Labute approximate surface area is 93.2 Å². The summed E-state index contributed by atoms with van der Waals surface area (Å²) in [5, 5.41) is 0. The van der Waals surface area contributed by atoms with Crippen molar-refractivity contribution in [3.8, 4) is 0 Å². The van der Waals surface area contributed by atoms with Crippen LogP contribution in [0.3, 0.4) is 0 Å². The molecule has 0 fully saturated rings. The topological polar surface area (TPSA) is 0 Å². The number of rotatable bonds is 5. The van der Waals surface area contributed by atoms with E-state index in [1.807, 2.05) is 11.8 Å². The van der Waals surface area contributed by atoms with Crippen LogP contribution in [0.4, 0.5) is 0 Å². The molecule has 0 aliphatic rings. The molecule has 0 nitrogen and oxygen atoms in total. The first-order chi connectivity index (χ1) is 6.29. The van der Waals surface area contributed by atoms with Crippen LogP contribution in [0.2, 0.25) is 0 Å². The third-order valence-corrected chi connectivity index (χ3v) is 3.31. The summed E-state index contributed by atoms with van der Waals surface area (Å²) in [4.78, 5) is 2.04. The second-order valence-electron chi connectivity index (χ2n) is 3.08. The fraction of sp³-hybridized carbons (Fsp3) is 0.455. The zero-order valence-electron chi connectivity index (χ0n) is 7.87. The molecule has 0 aliphatic heterocycles. The monoisotopic (exact) mass is 258 g/mol. The highest BCUT2D eigenvalue weighted by molar-refractivity contribution is 9.09. The number of alkyl halides is 1. The Kier molecular flexibility index (Phi) is 5.56. The molecule has 0 saturated heterocycles. The van der Waals surface area contributed by atoms with Crippen molar-refractivity contribution in [2.75, 3.05) is 5.75 Å². The van der Waals surface area contributed by atoms with Gasteiger partial charge >= 0.3 is 0 Å². The zero-order valence-corrected chi connectivity index (χ0v) is 10.3. The highest BCUT2D eigenvalue weighted by atomic mass is 79.9. The van der Waals surface area contributed by atoms with Crippen molar-refractivity contribution in [1.82, 2.24) is 0 Å². The van der Waals surface area contributed by atoms with Gasteiger partial charge in [0.25, 0.3) is 0 Å². The minimum absolute atomic E-state index is 0.656. The van der Waals surface area contributed by atoms with Crippen LogP contribution in [0.25, 0.3) is 0 Å². The van der Waals surface area contributed by atoms with Gasteiger partial charge in [0, 0.05) is 9.72 Å². The predicted molar refractivity (Wildman–Crippen MR) is 64.8 cm³/mol. The lowest BCUT2D eigenvalue weighted by atomic mass is 10.3. The van der Waals surface area contributed by atoms with Crippen molar-refractivity contribution >= 4 is 27.7 Å². The number of hydrogen-bond acceptors (Lipinski definition) is 1. The molecule has 0 amide bonds. The number of benzene rings is 1. The number of hydrogen-bond donors (Lipinski definition) is 0. The second kappa shape index (κ2) is 6.50. The van der Waals surface area contributed by atoms with Crippen LogP contribution in [-0.2, 0) is 0 Å². The summed E-state index contributed by atoms with van der Waals surface area (Å²) >= 11 is 5.49. The Morgan fingerprint density at radius 3 is 2.62 bits per heavy atom. The molecule has 2 heteroatoms. The molecule has 13 heavy (non-hydrogen) atoms. The summed E-state index contributed by atoms with van der Waals surface area (Å²) in [6.07, 6.45) is 2.55. The van der Waals surface area contributed by atoms with Crippen LogP contribution in [0.5, 0.6) is 0 Å². The standard InChI is InChI=1S/C11H15BrS/c1-10(12)6-5-9-13-11-7-3-2-4-8-11/h2-4,7-8,10H,5-6,9H2,1H3. The smallest absolute Gasteiger partial charge is 0.0117 e. The van der Waals surface area contributed by atoms with Gasteiger partial charge in [0.05, 0.1) is 0 Å². The van der Waals surface area contributed by atoms with E-state index in [4.69, 9.17) is 0 Å². The van der Waals surface area contributed by atoms with Gasteiger partial charge in [0.2, 0.25) is 0 Å². The number of thioether (sulfide) groups is 1. The van der Waals surface area contributed by atoms with Gasteiger partial charge < -0.3 is 0 Å². The number of halogens is 1. The normalized spacial score (nSPS) is 12.8. The molecular formula is C11H15BrS. The molecule has 72 valence electrons. The molecule has 0 heterocycles. The quantitative estimate of drug-likeness (QED) is 0.430. The molecule has 1 aromatic rings. The first-order valence-corrected chi connectivity index (χ1v) is 6.51. The van der Waals surface area contributed by atoms with Gasteiger partial charge in [-0.1, -0.05) is 41.1 Å².